The molecule has 10 heteroatoms. The lowest BCUT2D eigenvalue weighted by Gasteiger charge is -2.53. The highest BCUT2D eigenvalue weighted by molar-refractivity contribution is 5.91. The summed E-state index contributed by atoms with van der Waals surface area (Å²) in [4.78, 5) is 45.5. The van der Waals surface area contributed by atoms with Crippen molar-refractivity contribution in [2.45, 2.75) is 58.7 Å². The average molecular weight is 594 g/mol. The van der Waals surface area contributed by atoms with Crippen molar-refractivity contribution in [3.05, 3.63) is 106 Å². The van der Waals surface area contributed by atoms with Crippen LogP contribution in [0.5, 0.6) is 0 Å². The first-order valence-electron chi connectivity index (χ1n) is 14.2. The van der Waals surface area contributed by atoms with Gasteiger partial charge in [0.05, 0.1) is 18.0 Å². The predicted molar refractivity (Wildman–Crippen MR) is 153 cm³/mol. The van der Waals surface area contributed by atoms with E-state index >= 15 is 0 Å². The molecule has 3 aromatic carbocycles. The summed E-state index contributed by atoms with van der Waals surface area (Å²) < 4.78 is 45.7. The molecule has 43 heavy (non-hydrogen) atoms. The Morgan fingerprint density at radius 1 is 0.860 bits per heavy atom. The molecule has 0 unspecified atom stereocenters. The minimum atomic E-state index is -4.53. The molecule has 0 radical (unpaired) electrons. The summed E-state index contributed by atoms with van der Waals surface area (Å²) in [5.41, 5.74) is 2.68. The van der Waals surface area contributed by atoms with Gasteiger partial charge in [-0.15, -0.1) is 0 Å². The molecule has 2 aliphatic rings. The molecule has 3 amide bonds. The van der Waals surface area contributed by atoms with Crippen LogP contribution in [0.25, 0.3) is 0 Å². The van der Waals surface area contributed by atoms with Gasteiger partial charge in [0, 0.05) is 13.1 Å². The first-order valence-corrected chi connectivity index (χ1v) is 14.2. The number of carbonyl (C=O) groups is 3. The summed E-state index contributed by atoms with van der Waals surface area (Å²) >= 11 is 0. The zero-order valence-corrected chi connectivity index (χ0v) is 24.3. The van der Waals surface area contributed by atoms with Crippen molar-refractivity contribution in [3.8, 4) is 0 Å². The summed E-state index contributed by atoms with van der Waals surface area (Å²) in [7, 11) is 0. The van der Waals surface area contributed by atoms with E-state index < -0.39 is 36.0 Å². The number of fused-ring (bicyclic) bond motifs is 1. The van der Waals surface area contributed by atoms with Crippen molar-refractivity contribution < 1.29 is 32.3 Å². The van der Waals surface area contributed by atoms with Crippen molar-refractivity contribution in [1.82, 2.24) is 14.7 Å². The van der Waals surface area contributed by atoms with Crippen LogP contribution >= 0.6 is 0 Å². The van der Waals surface area contributed by atoms with Gasteiger partial charge in [-0.25, -0.2) is 4.79 Å². The number of benzene rings is 3. The number of rotatable bonds is 6. The van der Waals surface area contributed by atoms with Crippen molar-refractivity contribution in [1.29, 1.82) is 0 Å². The number of hydrogen-bond donors (Lipinski definition) is 0. The maximum atomic E-state index is 13.8. The second-order valence-electron chi connectivity index (χ2n) is 11.4. The number of piperazine rings is 1. The molecular formula is C33H34F3N3O4. The Balaban J connectivity index is 1.41. The van der Waals surface area contributed by atoms with Crippen LogP contribution in [0.3, 0.4) is 0 Å². The molecule has 5 rings (SSSR count). The standard InChI is InChI=1S/C33H34F3N3O4/c1-21-9-11-24(12-10-21)15-27-18-38(32(42)43-20-26-13-22(2)14-28(16-26)33(34,35)36)29-19-37(17-25-7-5-4-6-8-25)30(40)23(3)39(29)31(27)41/h4-14,16,23,27,29H,15,17-20H2,1-3H3/t23-,27-,29+/m0/s1. The number of ether oxygens (including phenoxy) is 1. The van der Waals surface area contributed by atoms with Crippen LogP contribution in [0.4, 0.5) is 18.0 Å². The van der Waals surface area contributed by atoms with Gasteiger partial charge >= 0.3 is 12.3 Å². The SMILES string of the molecule is Cc1ccc(C[C@H]2CN(C(=O)OCc3cc(C)cc(C(F)(F)F)c3)[C@H]3CN(Cc4ccccc4)C(=O)[C@H](C)N3C2=O)cc1. The molecule has 2 fully saturated rings. The van der Waals surface area contributed by atoms with E-state index in [0.717, 1.165) is 28.8 Å². The topological polar surface area (TPSA) is 70.2 Å². The Hall–Kier alpha value is -4.34. The molecule has 0 aromatic heterocycles. The van der Waals surface area contributed by atoms with Gasteiger partial charge in [0.2, 0.25) is 11.8 Å². The van der Waals surface area contributed by atoms with E-state index in [-0.39, 0.29) is 37.1 Å². The highest BCUT2D eigenvalue weighted by atomic mass is 19.4. The van der Waals surface area contributed by atoms with Crippen molar-refractivity contribution >= 4 is 17.9 Å². The van der Waals surface area contributed by atoms with E-state index in [2.05, 4.69) is 0 Å². The third-order valence-corrected chi connectivity index (χ3v) is 8.05. The molecule has 0 aliphatic carbocycles. The van der Waals surface area contributed by atoms with Gasteiger partial charge in [-0.1, -0.05) is 71.8 Å². The van der Waals surface area contributed by atoms with E-state index in [4.69, 9.17) is 4.74 Å². The molecule has 0 spiro atoms. The Morgan fingerprint density at radius 3 is 2.23 bits per heavy atom. The zero-order valence-electron chi connectivity index (χ0n) is 24.3. The molecule has 2 saturated heterocycles. The molecule has 0 N–H and O–H groups in total. The van der Waals surface area contributed by atoms with Crippen LogP contribution in [0, 0.1) is 19.8 Å². The van der Waals surface area contributed by atoms with Crippen LogP contribution in [0.1, 0.15) is 40.3 Å². The molecule has 0 saturated carbocycles. The average Bonchev–Trinajstić information content (AvgIpc) is 2.96. The molecule has 2 aliphatic heterocycles. The number of amides is 3. The van der Waals surface area contributed by atoms with Gasteiger partial charge in [0.1, 0.15) is 18.8 Å². The lowest BCUT2D eigenvalue weighted by molar-refractivity contribution is -0.172. The maximum absolute atomic E-state index is 13.8. The molecule has 3 aromatic rings. The summed E-state index contributed by atoms with van der Waals surface area (Å²) in [5, 5.41) is 0. The number of nitrogens with zero attached hydrogens (tertiary/aromatic N) is 3. The molecule has 7 nitrogen and oxygen atoms in total. The molecule has 0 bridgehead atoms. The number of hydrogen-bond acceptors (Lipinski definition) is 4. The van der Waals surface area contributed by atoms with E-state index in [1.165, 1.54) is 15.9 Å². The maximum Gasteiger partial charge on any atom is 0.416 e. The van der Waals surface area contributed by atoms with Gasteiger partial charge < -0.3 is 14.5 Å². The Labute approximate surface area is 248 Å². The monoisotopic (exact) mass is 593 g/mol. The minimum Gasteiger partial charge on any atom is -0.444 e. The highest BCUT2D eigenvalue weighted by Gasteiger charge is 2.50. The van der Waals surface area contributed by atoms with E-state index in [1.807, 2.05) is 61.5 Å². The fourth-order valence-electron chi connectivity index (χ4n) is 5.89. The Kier molecular flexibility index (Phi) is 8.48. The van der Waals surface area contributed by atoms with E-state index in [1.54, 1.807) is 18.7 Å². The second kappa shape index (κ2) is 12.1. The van der Waals surface area contributed by atoms with Gasteiger partial charge in [-0.05, 0) is 56.0 Å². The lowest BCUT2D eigenvalue weighted by Crippen LogP contribution is -2.72. The predicted octanol–water partition coefficient (Wildman–Crippen LogP) is 5.72. The van der Waals surface area contributed by atoms with Gasteiger partial charge in [0.25, 0.3) is 0 Å². The summed E-state index contributed by atoms with van der Waals surface area (Å²) in [5.74, 6) is -1.07. The van der Waals surface area contributed by atoms with Gasteiger partial charge in [-0.3, -0.25) is 14.5 Å². The van der Waals surface area contributed by atoms with Crippen LogP contribution in [0.2, 0.25) is 0 Å². The second-order valence-corrected chi connectivity index (χ2v) is 11.4. The summed E-state index contributed by atoms with van der Waals surface area (Å²) in [6.45, 7) is 5.24. The smallest absolute Gasteiger partial charge is 0.416 e. The zero-order chi connectivity index (χ0) is 30.9. The van der Waals surface area contributed by atoms with E-state index in [9.17, 15) is 27.6 Å². The minimum absolute atomic E-state index is 0.0500. The molecule has 3 atom stereocenters. The highest BCUT2D eigenvalue weighted by Crippen LogP contribution is 2.33. The van der Waals surface area contributed by atoms with Gasteiger partial charge in [0.15, 0.2) is 0 Å². The normalized spacial score (nSPS) is 20.7. The fourth-order valence-corrected chi connectivity index (χ4v) is 5.89. The van der Waals surface area contributed by atoms with Crippen molar-refractivity contribution in [2.24, 2.45) is 5.92 Å². The van der Waals surface area contributed by atoms with Crippen LogP contribution in [-0.4, -0.2) is 57.9 Å². The first-order chi connectivity index (χ1) is 20.4. The fraction of sp³-hybridized carbons (Fsp3) is 0.364. The number of halogens is 3. The van der Waals surface area contributed by atoms with Gasteiger partial charge in [-0.2, -0.15) is 13.2 Å². The van der Waals surface area contributed by atoms with Crippen molar-refractivity contribution in [2.75, 3.05) is 13.1 Å². The molecule has 2 heterocycles. The Bertz CT molecular complexity index is 1490. The third kappa shape index (κ3) is 6.68. The van der Waals surface area contributed by atoms with Crippen LogP contribution < -0.4 is 0 Å². The van der Waals surface area contributed by atoms with E-state index in [0.29, 0.717) is 18.5 Å². The lowest BCUT2D eigenvalue weighted by atomic mass is 9.92. The Morgan fingerprint density at radius 2 is 1.56 bits per heavy atom. The molecular weight excluding hydrogens is 559 g/mol. The number of aryl methyl sites for hydroxylation is 2. The third-order valence-electron chi connectivity index (χ3n) is 8.05. The van der Waals surface area contributed by atoms with Crippen molar-refractivity contribution in [3.63, 3.8) is 0 Å². The van der Waals surface area contributed by atoms with Crippen LogP contribution in [-0.2, 0) is 40.1 Å². The number of carbonyl (C=O) groups excluding carboxylic acids is 3. The quantitative estimate of drug-likeness (QED) is 0.367. The summed E-state index contributed by atoms with van der Waals surface area (Å²) in [6, 6.07) is 19.9. The van der Waals surface area contributed by atoms with Crippen LogP contribution in [0.15, 0.2) is 72.8 Å². The summed E-state index contributed by atoms with van der Waals surface area (Å²) in [6.07, 6.45) is -5.72. The number of alkyl halides is 3. The first kappa shape index (κ1) is 30.1. The molecule has 226 valence electrons. The largest absolute Gasteiger partial charge is 0.444 e.